The predicted octanol–water partition coefficient (Wildman–Crippen LogP) is 0.846. The van der Waals surface area contributed by atoms with Crippen molar-refractivity contribution in [3.05, 3.63) is 24.3 Å². The van der Waals surface area contributed by atoms with Gasteiger partial charge in [0, 0.05) is 39.3 Å². The van der Waals surface area contributed by atoms with Crippen molar-refractivity contribution in [2.75, 3.05) is 39.3 Å². The first kappa shape index (κ1) is 20.1. The summed E-state index contributed by atoms with van der Waals surface area (Å²) in [6, 6.07) is 5.40. The number of carbonyl (C=O) groups is 1. The number of piperidine rings is 1. The van der Waals surface area contributed by atoms with Crippen molar-refractivity contribution in [3.8, 4) is 0 Å². The van der Waals surface area contributed by atoms with Gasteiger partial charge in [0.25, 0.3) is 0 Å². The molecular weight excluding hydrogens is 394 g/mol. The number of nitrogens with zero attached hydrogens (tertiary/aromatic N) is 3. The van der Waals surface area contributed by atoms with E-state index >= 15 is 0 Å². The van der Waals surface area contributed by atoms with E-state index in [0.29, 0.717) is 13.1 Å². The molecular formula is C16H23N3O6S2. The lowest BCUT2D eigenvalue weighted by atomic mass is 10.2. The molecule has 2 aliphatic rings. The molecule has 150 valence electrons. The van der Waals surface area contributed by atoms with Crippen molar-refractivity contribution < 1.29 is 26.7 Å². The molecule has 27 heavy (non-hydrogen) atoms. The van der Waals surface area contributed by atoms with Crippen LogP contribution in [-0.2, 0) is 20.0 Å². The van der Waals surface area contributed by atoms with Crippen LogP contribution >= 0.6 is 0 Å². The van der Waals surface area contributed by atoms with Gasteiger partial charge >= 0.3 is 6.09 Å². The van der Waals surface area contributed by atoms with Gasteiger partial charge in [-0.05, 0) is 31.0 Å². The number of sulfonamides is 2. The van der Waals surface area contributed by atoms with Gasteiger partial charge in [0.05, 0.1) is 9.79 Å². The maximum atomic E-state index is 12.9. The topological polar surface area (TPSA) is 115 Å². The number of piperazine rings is 1. The van der Waals surface area contributed by atoms with Gasteiger partial charge in [-0.1, -0.05) is 12.5 Å². The Bertz CT molecular complexity index is 902. The lowest BCUT2D eigenvalue weighted by molar-refractivity contribution is 0.126. The molecule has 1 aromatic carbocycles. The van der Waals surface area contributed by atoms with E-state index in [1.165, 1.54) is 32.9 Å². The van der Waals surface area contributed by atoms with Gasteiger partial charge < -0.3 is 10.0 Å². The number of amides is 1. The SMILES string of the molecule is O=C(O)N1CCN(S(=O)(=O)c2cccc(S(=O)(=O)N3CCCCC3)c2)CC1. The Morgan fingerprint density at radius 1 is 0.778 bits per heavy atom. The largest absolute Gasteiger partial charge is 0.465 e. The van der Waals surface area contributed by atoms with Gasteiger partial charge in [0.15, 0.2) is 0 Å². The second-order valence-corrected chi connectivity index (χ2v) is 10.5. The smallest absolute Gasteiger partial charge is 0.407 e. The van der Waals surface area contributed by atoms with Crippen LogP contribution in [0.3, 0.4) is 0 Å². The fraction of sp³-hybridized carbons (Fsp3) is 0.562. The van der Waals surface area contributed by atoms with E-state index in [1.54, 1.807) is 0 Å². The molecule has 0 radical (unpaired) electrons. The number of carboxylic acid groups (broad SMARTS) is 1. The summed E-state index contributed by atoms with van der Waals surface area (Å²) in [5, 5.41) is 8.98. The zero-order valence-corrected chi connectivity index (χ0v) is 16.5. The standard InChI is InChI=1S/C16H23N3O6S2/c20-16(21)17-9-11-19(12-10-17)27(24,25)15-6-4-5-14(13-15)26(22,23)18-7-2-1-3-8-18/h4-6,13H,1-3,7-12H2,(H,20,21). The highest BCUT2D eigenvalue weighted by atomic mass is 32.2. The van der Waals surface area contributed by atoms with E-state index in [4.69, 9.17) is 5.11 Å². The van der Waals surface area contributed by atoms with Crippen LogP contribution in [0.1, 0.15) is 19.3 Å². The van der Waals surface area contributed by atoms with Gasteiger partial charge in [0.1, 0.15) is 0 Å². The van der Waals surface area contributed by atoms with Crippen molar-refractivity contribution in [1.29, 1.82) is 0 Å². The predicted molar refractivity (Wildman–Crippen MR) is 97.4 cm³/mol. The van der Waals surface area contributed by atoms with E-state index in [0.717, 1.165) is 24.2 Å². The molecule has 2 aliphatic heterocycles. The lowest BCUT2D eigenvalue weighted by Gasteiger charge is -2.32. The number of benzene rings is 1. The molecule has 9 nitrogen and oxygen atoms in total. The first-order valence-corrected chi connectivity index (χ1v) is 11.7. The average Bonchev–Trinajstić information content (AvgIpc) is 2.69. The Morgan fingerprint density at radius 2 is 1.26 bits per heavy atom. The van der Waals surface area contributed by atoms with Crippen LogP contribution in [0.25, 0.3) is 0 Å². The summed E-state index contributed by atoms with van der Waals surface area (Å²) in [5.41, 5.74) is 0. The summed E-state index contributed by atoms with van der Waals surface area (Å²) in [5.74, 6) is 0. The minimum Gasteiger partial charge on any atom is -0.465 e. The quantitative estimate of drug-likeness (QED) is 0.776. The zero-order chi connectivity index (χ0) is 19.7. The Kier molecular flexibility index (Phi) is 5.75. The summed E-state index contributed by atoms with van der Waals surface area (Å²) in [7, 11) is -7.63. The van der Waals surface area contributed by atoms with Crippen molar-refractivity contribution in [1.82, 2.24) is 13.5 Å². The summed E-state index contributed by atoms with van der Waals surface area (Å²) < 4.78 is 53.9. The molecule has 0 spiro atoms. The van der Waals surface area contributed by atoms with E-state index in [9.17, 15) is 21.6 Å². The van der Waals surface area contributed by atoms with Crippen LogP contribution in [0.4, 0.5) is 4.79 Å². The molecule has 2 saturated heterocycles. The van der Waals surface area contributed by atoms with E-state index in [2.05, 4.69) is 0 Å². The van der Waals surface area contributed by atoms with Gasteiger partial charge in [-0.25, -0.2) is 21.6 Å². The Morgan fingerprint density at radius 3 is 1.74 bits per heavy atom. The third-order valence-corrected chi connectivity index (χ3v) is 8.69. The molecule has 11 heteroatoms. The van der Waals surface area contributed by atoms with Crippen molar-refractivity contribution in [3.63, 3.8) is 0 Å². The van der Waals surface area contributed by atoms with Gasteiger partial charge in [-0.2, -0.15) is 8.61 Å². The minimum absolute atomic E-state index is 0.0327. The third kappa shape index (κ3) is 4.10. The molecule has 0 aromatic heterocycles. The molecule has 0 unspecified atom stereocenters. The minimum atomic E-state index is -3.89. The Hall–Kier alpha value is -1.69. The van der Waals surface area contributed by atoms with Gasteiger partial charge in [-0.15, -0.1) is 0 Å². The van der Waals surface area contributed by atoms with Crippen molar-refractivity contribution in [2.24, 2.45) is 0 Å². The average molecular weight is 418 g/mol. The monoisotopic (exact) mass is 417 g/mol. The van der Waals surface area contributed by atoms with Gasteiger partial charge in [0.2, 0.25) is 20.0 Å². The number of hydrogen-bond donors (Lipinski definition) is 1. The maximum Gasteiger partial charge on any atom is 0.407 e. The third-order valence-electron chi connectivity index (χ3n) is 4.91. The second-order valence-electron chi connectivity index (χ2n) is 6.61. The molecule has 1 N–H and O–H groups in total. The summed E-state index contributed by atoms with van der Waals surface area (Å²) in [4.78, 5) is 12.0. The second kappa shape index (κ2) is 7.74. The van der Waals surface area contributed by atoms with Crippen LogP contribution < -0.4 is 0 Å². The maximum absolute atomic E-state index is 12.9. The summed E-state index contributed by atoms with van der Waals surface area (Å²) in [6.45, 7) is 1.13. The normalized spacial score (nSPS) is 20.5. The Labute approximate surface area is 159 Å². The fourth-order valence-electron chi connectivity index (χ4n) is 3.32. The van der Waals surface area contributed by atoms with E-state index in [-0.39, 0.29) is 36.0 Å². The zero-order valence-electron chi connectivity index (χ0n) is 14.8. The van der Waals surface area contributed by atoms with Crippen molar-refractivity contribution >= 4 is 26.1 Å². The van der Waals surface area contributed by atoms with Crippen molar-refractivity contribution in [2.45, 2.75) is 29.1 Å². The number of rotatable bonds is 4. The van der Waals surface area contributed by atoms with E-state index < -0.39 is 26.1 Å². The van der Waals surface area contributed by atoms with Crippen LogP contribution in [0.2, 0.25) is 0 Å². The van der Waals surface area contributed by atoms with Crippen LogP contribution in [0.15, 0.2) is 34.1 Å². The molecule has 2 heterocycles. The lowest BCUT2D eigenvalue weighted by Crippen LogP contribution is -2.50. The molecule has 1 amide bonds. The summed E-state index contributed by atoms with van der Waals surface area (Å²) in [6.07, 6.45) is 1.50. The first-order chi connectivity index (χ1) is 12.7. The highest BCUT2D eigenvalue weighted by Crippen LogP contribution is 2.25. The highest BCUT2D eigenvalue weighted by Gasteiger charge is 2.32. The number of hydrogen-bond acceptors (Lipinski definition) is 5. The molecule has 0 saturated carbocycles. The summed E-state index contributed by atoms with van der Waals surface area (Å²) >= 11 is 0. The molecule has 0 bridgehead atoms. The van der Waals surface area contributed by atoms with Crippen LogP contribution in [0, 0.1) is 0 Å². The van der Waals surface area contributed by atoms with E-state index in [1.807, 2.05) is 0 Å². The molecule has 1 aromatic rings. The van der Waals surface area contributed by atoms with Crippen LogP contribution in [0.5, 0.6) is 0 Å². The molecule has 0 atom stereocenters. The van der Waals surface area contributed by atoms with Gasteiger partial charge in [-0.3, -0.25) is 0 Å². The van der Waals surface area contributed by atoms with Crippen LogP contribution in [-0.4, -0.2) is 80.8 Å². The first-order valence-electron chi connectivity index (χ1n) is 8.81. The molecule has 2 fully saturated rings. The molecule has 3 rings (SSSR count). The Balaban J connectivity index is 1.83. The highest BCUT2D eigenvalue weighted by molar-refractivity contribution is 7.90. The fourth-order valence-corrected chi connectivity index (χ4v) is 6.42. The molecule has 0 aliphatic carbocycles.